The first kappa shape index (κ1) is 20.4. The van der Waals surface area contributed by atoms with E-state index >= 15 is 0 Å². The molecule has 0 spiro atoms. The van der Waals surface area contributed by atoms with Crippen molar-refractivity contribution in [3.63, 3.8) is 0 Å². The number of rotatable bonds is 5. The van der Waals surface area contributed by atoms with Crippen molar-refractivity contribution in [3.8, 4) is 17.6 Å². The zero-order valence-corrected chi connectivity index (χ0v) is 17.5. The number of nitrogens with zero attached hydrogens (tertiary/aromatic N) is 5. The summed E-state index contributed by atoms with van der Waals surface area (Å²) in [6.45, 7) is 3.39. The van der Waals surface area contributed by atoms with Crippen LogP contribution in [-0.2, 0) is 4.79 Å². The second kappa shape index (κ2) is 8.88. The van der Waals surface area contributed by atoms with Crippen molar-refractivity contribution in [1.29, 1.82) is 5.26 Å². The molecule has 2 aromatic carbocycles. The summed E-state index contributed by atoms with van der Waals surface area (Å²) in [5.74, 6) is 1.87. The zero-order chi connectivity index (χ0) is 21.8. The van der Waals surface area contributed by atoms with Gasteiger partial charge in [0, 0.05) is 26.2 Å². The first-order valence-electron chi connectivity index (χ1n) is 10.2. The Morgan fingerprint density at radius 1 is 1.06 bits per heavy atom. The summed E-state index contributed by atoms with van der Waals surface area (Å²) in [6.07, 6.45) is 0.789. The van der Waals surface area contributed by atoms with Crippen molar-refractivity contribution in [1.82, 2.24) is 9.97 Å². The monoisotopic (exact) mass is 417 g/mol. The van der Waals surface area contributed by atoms with Crippen LogP contribution in [0.25, 0.3) is 11.0 Å². The molecule has 1 amide bonds. The third kappa shape index (κ3) is 4.21. The lowest BCUT2D eigenvalue weighted by molar-refractivity contribution is -0.120. The van der Waals surface area contributed by atoms with Crippen molar-refractivity contribution in [2.24, 2.45) is 0 Å². The fraction of sp³-hybridized carbons (Fsp3) is 0.304. The molecule has 31 heavy (non-hydrogen) atoms. The maximum Gasteiger partial charge on any atom is 0.266 e. The van der Waals surface area contributed by atoms with Gasteiger partial charge in [0.1, 0.15) is 0 Å². The molecule has 0 saturated carbocycles. The first-order chi connectivity index (χ1) is 15.1. The van der Waals surface area contributed by atoms with Gasteiger partial charge in [-0.3, -0.25) is 9.69 Å². The van der Waals surface area contributed by atoms with Crippen LogP contribution < -0.4 is 19.3 Å². The van der Waals surface area contributed by atoms with Crippen LogP contribution in [0.4, 0.5) is 11.6 Å². The molecule has 0 unspecified atom stereocenters. The summed E-state index contributed by atoms with van der Waals surface area (Å²) in [5.41, 5.74) is 1.99. The van der Waals surface area contributed by atoms with Crippen LogP contribution in [0.5, 0.6) is 11.5 Å². The normalized spacial score (nSPS) is 13.3. The standard InChI is InChI=1S/C23H23N5O3/c1-3-30-20-13-16(14-24)9-10-19(20)31-15-21(29)28-12-6-11-27(2)22-23(28)26-18-8-5-4-7-17(18)25-22/h4-5,7-10,13H,3,6,11-12,15H2,1-2H3. The lowest BCUT2D eigenvalue weighted by Gasteiger charge is -2.23. The molecule has 3 aromatic rings. The second-order valence-electron chi connectivity index (χ2n) is 7.18. The number of hydrogen-bond donors (Lipinski definition) is 0. The number of anilines is 2. The molecule has 0 N–H and O–H groups in total. The van der Waals surface area contributed by atoms with Gasteiger partial charge in [0.25, 0.3) is 5.91 Å². The smallest absolute Gasteiger partial charge is 0.266 e. The van der Waals surface area contributed by atoms with Gasteiger partial charge in [-0.1, -0.05) is 12.1 Å². The molecule has 1 aromatic heterocycles. The minimum Gasteiger partial charge on any atom is -0.490 e. The molecule has 0 saturated heterocycles. The summed E-state index contributed by atoms with van der Waals surface area (Å²) in [6, 6.07) is 14.6. The summed E-state index contributed by atoms with van der Waals surface area (Å²) in [4.78, 5) is 26.3. The van der Waals surface area contributed by atoms with Crippen LogP contribution in [-0.4, -0.2) is 49.2 Å². The SMILES string of the molecule is CCOc1cc(C#N)ccc1OCC(=O)N1CCCN(C)c2nc3ccccc3nc21. The third-order valence-electron chi connectivity index (χ3n) is 5.05. The van der Waals surface area contributed by atoms with Crippen LogP contribution >= 0.6 is 0 Å². The second-order valence-corrected chi connectivity index (χ2v) is 7.18. The van der Waals surface area contributed by atoms with E-state index in [0.29, 0.717) is 41.8 Å². The molecule has 1 aliphatic rings. The minimum atomic E-state index is -0.215. The fourth-order valence-electron chi connectivity index (χ4n) is 3.52. The van der Waals surface area contributed by atoms with E-state index in [-0.39, 0.29) is 12.5 Å². The van der Waals surface area contributed by atoms with Gasteiger partial charge in [0.05, 0.1) is 29.3 Å². The van der Waals surface area contributed by atoms with Crippen molar-refractivity contribution in [2.75, 3.05) is 43.2 Å². The van der Waals surface area contributed by atoms with E-state index < -0.39 is 0 Å². The van der Waals surface area contributed by atoms with E-state index in [2.05, 4.69) is 6.07 Å². The van der Waals surface area contributed by atoms with Crippen molar-refractivity contribution < 1.29 is 14.3 Å². The average Bonchev–Trinajstić information content (AvgIpc) is 2.95. The minimum absolute atomic E-state index is 0.177. The van der Waals surface area contributed by atoms with E-state index in [1.807, 2.05) is 43.1 Å². The highest BCUT2D eigenvalue weighted by atomic mass is 16.5. The average molecular weight is 417 g/mol. The van der Waals surface area contributed by atoms with E-state index in [9.17, 15) is 4.79 Å². The number of aromatic nitrogens is 2. The number of carbonyl (C=O) groups is 1. The van der Waals surface area contributed by atoms with E-state index in [1.165, 1.54) is 0 Å². The number of fused-ring (bicyclic) bond motifs is 2. The molecule has 0 aliphatic carbocycles. The Hall–Kier alpha value is -3.86. The molecular formula is C23H23N5O3. The summed E-state index contributed by atoms with van der Waals surface area (Å²) in [7, 11) is 1.96. The Kier molecular flexibility index (Phi) is 5.85. The van der Waals surface area contributed by atoms with Crippen LogP contribution in [0.15, 0.2) is 42.5 Å². The molecule has 0 bridgehead atoms. The largest absolute Gasteiger partial charge is 0.490 e. The number of ether oxygens (including phenoxy) is 2. The zero-order valence-electron chi connectivity index (χ0n) is 17.5. The number of hydrogen-bond acceptors (Lipinski definition) is 7. The third-order valence-corrected chi connectivity index (χ3v) is 5.05. The molecule has 2 heterocycles. The van der Waals surface area contributed by atoms with Crippen LogP contribution in [0.2, 0.25) is 0 Å². The number of para-hydroxylation sites is 2. The van der Waals surface area contributed by atoms with Crippen molar-refractivity contribution >= 4 is 28.6 Å². The molecule has 8 heteroatoms. The van der Waals surface area contributed by atoms with Crippen molar-refractivity contribution in [3.05, 3.63) is 48.0 Å². The fourth-order valence-corrected chi connectivity index (χ4v) is 3.52. The summed E-state index contributed by atoms with van der Waals surface area (Å²) in [5, 5.41) is 9.10. The maximum absolute atomic E-state index is 13.1. The van der Waals surface area contributed by atoms with Gasteiger partial charge in [0.2, 0.25) is 0 Å². The van der Waals surface area contributed by atoms with Crippen molar-refractivity contribution in [2.45, 2.75) is 13.3 Å². The Labute approximate surface area is 180 Å². The van der Waals surface area contributed by atoms with Gasteiger partial charge >= 0.3 is 0 Å². The Bertz CT molecular complexity index is 1160. The lowest BCUT2D eigenvalue weighted by Crippen LogP contribution is -2.36. The van der Waals surface area contributed by atoms with Gasteiger partial charge in [-0.15, -0.1) is 0 Å². The molecule has 1 aliphatic heterocycles. The highest BCUT2D eigenvalue weighted by Gasteiger charge is 2.27. The van der Waals surface area contributed by atoms with E-state index in [0.717, 1.165) is 24.0 Å². The number of nitriles is 1. The Morgan fingerprint density at radius 3 is 2.52 bits per heavy atom. The highest BCUT2D eigenvalue weighted by molar-refractivity contribution is 5.97. The predicted molar refractivity (Wildman–Crippen MR) is 118 cm³/mol. The predicted octanol–water partition coefficient (Wildman–Crippen LogP) is 3.15. The quantitative estimate of drug-likeness (QED) is 0.630. The van der Waals surface area contributed by atoms with Crippen LogP contribution in [0, 0.1) is 11.3 Å². The lowest BCUT2D eigenvalue weighted by atomic mass is 10.2. The van der Waals surface area contributed by atoms with Crippen LogP contribution in [0.3, 0.4) is 0 Å². The van der Waals surface area contributed by atoms with Crippen LogP contribution in [0.1, 0.15) is 18.9 Å². The molecule has 158 valence electrons. The van der Waals surface area contributed by atoms with Gasteiger partial charge in [-0.05, 0) is 37.6 Å². The Morgan fingerprint density at radius 2 is 1.81 bits per heavy atom. The topological polar surface area (TPSA) is 91.6 Å². The van der Waals surface area contributed by atoms with E-state index in [1.54, 1.807) is 23.1 Å². The van der Waals surface area contributed by atoms with Gasteiger partial charge < -0.3 is 14.4 Å². The van der Waals surface area contributed by atoms with Gasteiger partial charge in [-0.25, -0.2) is 9.97 Å². The number of amides is 1. The molecule has 8 nitrogen and oxygen atoms in total. The molecule has 0 atom stereocenters. The molecule has 0 fully saturated rings. The Balaban J connectivity index is 1.60. The molecule has 0 radical (unpaired) electrons. The molecular weight excluding hydrogens is 394 g/mol. The summed E-state index contributed by atoms with van der Waals surface area (Å²) < 4.78 is 11.4. The summed E-state index contributed by atoms with van der Waals surface area (Å²) >= 11 is 0. The highest BCUT2D eigenvalue weighted by Crippen LogP contribution is 2.31. The first-order valence-corrected chi connectivity index (χ1v) is 10.2. The number of carbonyl (C=O) groups excluding carboxylic acids is 1. The van der Waals surface area contributed by atoms with Gasteiger partial charge in [0.15, 0.2) is 29.7 Å². The van der Waals surface area contributed by atoms with Gasteiger partial charge in [-0.2, -0.15) is 5.26 Å². The molecule has 4 rings (SSSR count). The van der Waals surface area contributed by atoms with E-state index in [4.69, 9.17) is 24.7 Å². The maximum atomic E-state index is 13.1. The number of benzene rings is 2.